The van der Waals surface area contributed by atoms with E-state index in [1.54, 1.807) is 12.3 Å². The summed E-state index contributed by atoms with van der Waals surface area (Å²) in [6, 6.07) is 14.9. The number of amides is 1. The van der Waals surface area contributed by atoms with Gasteiger partial charge in [-0.3, -0.25) is 9.78 Å². The molecule has 1 amide bonds. The minimum atomic E-state index is -0.00519. The van der Waals surface area contributed by atoms with Gasteiger partial charge in [-0.15, -0.1) is 0 Å². The number of carbonyl (C=O) groups excluding carboxylic acids is 1. The van der Waals surface area contributed by atoms with Crippen LogP contribution in [0.1, 0.15) is 31.2 Å². The Kier molecular flexibility index (Phi) is 5.99. The zero-order valence-corrected chi connectivity index (χ0v) is 18.3. The van der Waals surface area contributed by atoms with Crippen LogP contribution < -0.4 is 19.5 Å². The average Bonchev–Trinajstić information content (AvgIpc) is 2.87. The minimum Gasteiger partial charge on any atom is -0.493 e. The molecule has 0 bridgehead atoms. The summed E-state index contributed by atoms with van der Waals surface area (Å²) in [4.78, 5) is 17.1. The fourth-order valence-electron chi connectivity index (χ4n) is 4.48. The van der Waals surface area contributed by atoms with Crippen LogP contribution in [0.25, 0.3) is 10.9 Å². The van der Waals surface area contributed by atoms with Crippen LogP contribution in [0.2, 0.25) is 0 Å². The van der Waals surface area contributed by atoms with E-state index in [0.717, 1.165) is 48.0 Å². The third kappa shape index (κ3) is 4.70. The molecular formula is C26H25N3O4. The van der Waals surface area contributed by atoms with Crippen LogP contribution in [0.3, 0.4) is 0 Å². The number of rotatable bonds is 5. The van der Waals surface area contributed by atoms with Crippen LogP contribution in [0.5, 0.6) is 17.2 Å². The Morgan fingerprint density at radius 2 is 1.88 bits per heavy atom. The van der Waals surface area contributed by atoms with Crippen molar-refractivity contribution in [3.05, 3.63) is 54.2 Å². The highest BCUT2D eigenvalue weighted by Gasteiger charge is 2.27. The molecule has 0 atom stereocenters. The summed E-state index contributed by atoms with van der Waals surface area (Å²) in [6.07, 6.45) is 5.26. The van der Waals surface area contributed by atoms with Gasteiger partial charge in [0.2, 0.25) is 5.91 Å². The zero-order chi connectivity index (χ0) is 22.6. The van der Waals surface area contributed by atoms with E-state index < -0.39 is 0 Å². The number of benzene rings is 2. The SMILES string of the molecule is N#Cc1ccc2nccc(OCC3CCC(C(=O)Nc4ccc5c(c4)OCCO5)CC3)c2c1. The number of carbonyl (C=O) groups is 1. The van der Waals surface area contributed by atoms with Crippen LogP contribution in [0.15, 0.2) is 48.7 Å². The fourth-order valence-corrected chi connectivity index (χ4v) is 4.48. The van der Waals surface area contributed by atoms with Crippen LogP contribution in [0, 0.1) is 23.2 Å². The molecule has 0 spiro atoms. The number of hydrogen-bond donors (Lipinski definition) is 1. The molecule has 7 heteroatoms. The van der Waals surface area contributed by atoms with Gasteiger partial charge in [0.1, 0.15) is 19.0 Å². The van der Waals surface area contributed by atoms with Crippen molar-refractivity contribution in [3.8, 4) is 23.3 Å². The number of anilines is 1. The number of nitrogens with zero attached hydrogens (tertiary/aromatic N) is 2. The van der Waals surface area contributed by atoms with Crippen LogP contribution in [-0.2, 0) is 4.79 Å². The second kappa shape index (κ2) is 9.37. The van der Waals surface area contributed by atoms with Crippen LogP contribution in [-0.4, -0.2) is 30.7 Å². The van der Waals surface area contributed by atoms with Crippen LogP contribution in [0.4, 0.5) is 5.69 Å². The van der Waals surface area contributed by atoms with E-state index in [1.165, 1.54) is 0 Å². The van der Waals surface area contributed by atoms with Crippen molar-refractivity contribution in [1.29, 1.82) is 5.26 Å². The van der Waals surface area contributed by atoms with Gasteiger partial charge in [0.15, 0.2) is 11.5 Å². The van der Waals surface area contributed by atoms with Gasteiger partial charge in [0.05, 0.1) is 23.8 Å². The summed E-state index contributed by atoms with van der Waals surface area (Å²) in [6.45, 7) is 1.65. The first-order chi connectivity index (χ1) is 16.2. The molecule has 3 aromatic rings. The smallest absolute Gasteiger partial charge is 0.227 e. The largest absolute Gasteiger partial charge is 0.493 e. The molecule has 2 aliphatic rings. The number of aromatic nitrogens is 1. The van der Waals surface area contributed by atoms with Crippen molar-refractivity contribution >= 4 is 22.5 Å². The molecule has 5 rings (SSSR count). The highest BCUT2D eigenvalue weighted by molar-refractivity contribution is 5.93. The molecular weight excluding hydrogens is 418 g/mol. The lowest BCUT2D eigenvalue weighted by Crippen LogP contribution is -2.29. The molecule has 1 aliphatic carbocycles. The lowest BCUT2D eigenvalue weighted by Gasteiger charge is -2.28. The number of hydrogen-bond acceptors (Lipinski definition) is 6. The van der Waals surface area contributed by atoms with Crippen molar-refractivity contribution in [3.63, 3.8) is 0 Å². The van der Waals surface area contributed by atoms with Gasteiger partial charge in [-0.2, -0.15) is 5.26 Å². The monoisotopic (exact) mass is 443 g/mol. The van der Waals surface area contributed by atoms with E-state index in [2.05, 4.69) is 16.4 Å². The Morgan fingerprint density at radius 1 is 1.06 bits per heavy atom. The Labute approximate surface area is 192 Å². The quantitative estimate of drug-likeness (QED) is 0.614. The molecule has 0 radical (unpaired) electrons. The molecule has 2 heterocycles. The van der Waals surface area contributed by atoms with Crippen molar-refractivity contribution in [1.82, 2.24) is 4.98 Å². The van der Waals surface area contributed by atoms with Gasteiger partial charge in [-0.1, -0.05) is 0 Å². The Hall–Kier alpha value is -3.79. The van der Waals surface area contributed by atoms with Crippen molar-refractivity contribution < 1.29 is 19.0 Å². The predicted octanol–water partition coefficient (Wildman–Crippen LogP) is 4.70. The Balaban J connectivity index is 1.14. The molecule has 1 fully saturated rings. The summed E-state index contributed by atoms with van der Waals surface area (Å²) >= 11 is 0. The van der Waals surface area contributed by atoms with Gasteiger partial charge >= 0.3 is 0 Å². The minimum absolute atomic E-state index is 0.00519. The molecule has 0 unspecified atom stereocenters. The average molecular weight is 444 g/mol. The topological polar surface area (TPSA) is 93.5 Å². The summed E-state index contributed by atoms with van der Waals surface area (Å²) in [5, 5.41) is 13.1. The molecule has 7 nitrogen and oxygen atoms in total. The third-order valence-corrected chi connectivity index (χ3v) is 6.33. The molecule has 1 N–H and O–H groups in total. The van der Waals surface area contributed by atoms with Gasteiger partial charge in [0, 0.05) is 29.3 Å². The normalized spacial score (nSPS) is 19.5. The van der Waals surface area contributed by atoms with Crippen molar-refractivity contribution in [2.24, 2.45) is 11.8 Å². The molecule has 0 saturated heterocycles. The maximum absolute atomic E-state index is 12.8. The van der Waals surface area contributed by atoms with Gasteiger partial charge in [0.25, 0.3) is 0 Å². The number of nitrogens with one attached hydrogen (secondary N) is 1. The fraction of sp³-hybridized carbons (Fsp3) is 0.346. The highest BCUT2D eigenvalue weighted by Crippen LogP contribution is 2.34. The third-order valence-electron chi connectivity index (χ3n) is 6.33. The molecule has 168 valence electrons. The Morgan fingerprint density at radius 3 is 2.70 bits per heavy atom. The van der Waals surface area contributed by atoms with E-state index in [4.69, 9.17) is 14.2 Å². The van der Waals surface area contributed by atoms with Crippen LogP contribution >= 0.6 is 0 Å². The molecule has 1 saturated carbocycles. The van der Waals surface area contributed by atoms with E-state index in [0.29, 0.717) is 42.8 Å². The first-order valence-corrected chi connectivity index (χ1v) is 11.3. The predicted molar refractivity (Wildman–Crippen MR) is 123 cm³/mol. The lowest BCUT2D eigenvalue weighted by atomic mass is 9.82. The first-order valence-electron chi connectivity index (χ1n) is 11.3. The number of fused-ring (bicyclic) bond motifs is 2. The summed E-state index contributed by atoms with van der Waals surface area (Å²) in [5.41, 5.74) is 2.13. The second-order valence-electron chi connectivity index (χ2n) is 8.53. The number of ether oxygens (including phenoxy) is 3. The summed E-state index contributed by atoms with van der Waals surface area (Å²) in [5.74, 6) is 2.57. The van der Waals surface area contributed by atoms with Gasteiger partial charge in [-0.05, 0) is 68.0 Å². The molecule has 1 aromatic heterocycles. The van der Waals surface area contributed by atoms with Crippen molar-refractivity contribution in [2.45, 2.75) is 25.7 Å². The Bertz CT molecular complexity index is 1210. The zero-order valence-electron chi connectivity index (χ0n) is 18.3. The maximum atomic E-state index is 12.8. The van der Waals surface area contributed by atoms with E-state index in [9.17, 15) is 10.1 Å². The van der Waals surface area contributed by atoms with Gasteiger partial charge in [-0.25, -0.2) is 0 Å². The molecule has 33 heavy (non-hydrogen) atoms. The van der Waals surface area contributed by atoms with Gasteiger partial charge < -0.3 is 19.5 Å². The number of pyridine rings is 1. The maximum Gasteiger partial charge on any atom is 0.227 e. The second-order valence-corrected chi connectivity index (χ2v) is 8.53. The van der Waals surface area contributed by atoms with E-state index in [1.807, 2.05) is 36.4 Å². The first kappa shape index (κ1) is 21.1. The summed E-state index contributed by atoms with van der Waals surface area (Å²) < 4.78 is 17.3. The molecule has 2 aromatic carbocycles. The standard InChI is InChI=1S/C26H25N3O4/c27-15-18-3-7-22-21(13-18)23(9-10-28-22)33-16-17-1-4-19(5-2-17)26(30)29-20-6-8-24-25(14-20)32-12-11-31-24/h3,6-10,13-14,17,19H,1-2,4-5,11-12,16H2,(H,29,30). The lowest BCUT2D eigenvalue weighted by molar-refractivity contribution is -0.121. The summed E-state index contributed by atoms with van der Waals surface area (Å²) in [7, 11) is 0. The number of nitriles is 1. The van der Waals surface area contributed by atoms with Crippen molar-refractivity contribution in [2.75, 3.05) is 25.1 Å². The van der Waals surface area contributed by atoms with E-state index in [-0.39, 0.29) is 11.8 Å². The van der Waals surface area contributed by atoms with E-state index >= 15 is 0 Å². The highest BCUT2D eigenvalue weighted by atomic mass is 16.6. The molecule has 1 aliphatic heterocycles.